The molecule has 3 rings (SSSR count). The van der Waals surface area contributed by atoms with E-state index in [0.717, 1.165) is 11.1 Å². The van der Waals surface area contributed by atoms with Crippen LogP contribution in [0.3, 0.4) is 0 Å². The largest absolute Gasteiger partial charge is 0.508 e. The Hall–Kier alpha value is -3.08. The standard InChI is InChI=1S/C21H21NO4/c1-3-25-20-7-5-4-6-17(20)19(24)11-9-16-13-26-21(22-16)15-8-10-18(23)14(2)12-15/h4-8,10,12-13,23H,3,9,11H2,1-2H3. The fraction of sp³-hybridized carbons (Fsp3) is 0.238. The van der Waals surface area contributed by atoms with E-state index in [1.807, 2.05) is 32.0 Å². The number of para-hydroxylation sites is 1. The highest BCUT2D eigenvalue weighted by atomic mass is 16.5. The molecule has 0 radical (unpaired) electrons. The van der Waals surface area contributed by atoms with Gasteiger partial charge in [0.2, 0.25) is 5.89 Å². The molecule has 134 valence electrons. The van der Waals surface area contributed by atoms with Crippen molar-refractivity contribution in [1.82, 2.24) is 4.98 Å². The van der Waals surface area contributed by atoms with E-state index in [1.54, 1.807) is 30.5 Å². The molecule has 0 atom stereocenters. The summed E-state index contributed by atoms with van der Waals surface area (Å²) >= 11 is 0. The molecular formula is C21H21NO4. The number of Topliss-reactive ketones (excluding diaryl/α,β-unsaturated/α-hetero) is 1. The lowest BCUT2D eigenvalue weighted by molar-refractivity contribution is 0.0979. The van der Waals surface area contributed by atoms with Crippen molar-refractivity contribution in [3.8, 4) is 23.0 Å². The predicted octanol–water partition coefficient (Wildman–Crippen LogP) is 4.57. The van der Waals surface area contributed by atoms with Crippen LogP contribution in [-0.2, 0) is 6.42 Å². The summed E-state index contributed by atoms with van der Waals surface area (Å²) in [7, 11) is 0. The Morgan fingerprint density at radius 2 is 2.04 bits per heavy atom. The minimum Gasteiger partial charge on any atom is -0.508 e. The fourth-order valence-electron chi connectivity index (χ4n) is 2.70. The number of carbonyl (C=O) groups excluding carboxylic acids is 1. The van der Waals surface area contributed by atoms with Gasteiger partial charge in [0.15, 0.2) is 5.78 Å². The Bertz CT molecular complexity index is 914. The first-order valence-electron chi connectivity index (χ1n) is 8.58. The molecule has 0 aliphatic heterocycles. The van der Waals surface area contributed by atoms with Crippen molar-refractivity contribution in [3.05, 3.63) is 65.5 Å². The van der Waals surface area contributed by atoms with Gasteiger partial charge in [-0.3, -0.25) is 4.79 Å². The molecule has 0 saturated heterocycles. The number of rotatable bonds is 7. The Morgan fingerprint density at radius 1 is 1.23 bits per heavy atom. The smallest absolute Gasteiger partial charge is 0.226 e. The monoisotopic (exact) mass is 351 g/mol. The zero-order valence-corrected chi connectivity index (χ0v) is 14.9. The lowest BCUT2D eigenvalue weighted by Gasteiger charge is -2.08. The van der Waals surface area contributed by atoms with E-state index in [1.165, 1.54) is 0 Å². The van der Waals surface area contributed by atoms with Crippen LogP contribution >= 0.6 is 0 Å². The van der Waals surface area contributed by atoms with Crippen molar-refractivity contribution < 1.29 is 19.1 Å². The molecule has 0 saturated carbocycles. The quantitative estimate of drug-likeness (QED) is 0.631. The molecule has 0 bridgehead atoms. The molecule has 0 unspecified atom stereocenters. The van der Waals surface area contributed by atoms with Crippen LogP contribution in [0.5, 0.6) is 11.5 Å². The molecule has 1 N–H and O–H groups in total. The number of ketones is 1. The number of phenolic OH excluding ortho intramolecular Hbond substituents is 1. The molecule has 0 spiro atoms. The van der Waals surface area contributed by atoms with Crippen molar-refractivity contribution in [3.63, 3.8) is 0 Å². The molecule has 3 aromatic rings. The number of hydrogen-bond donors (Lipinski definition) is 1. The summed E-state index contributed by atoms with van der Waals surface area (Å²) in [4.78, 5) is 17.0. The van der Waals surface area contributed by atoms with Gasteiger partial charge < -0.3 is 14.3 Å². The number of oxazole rings is 1. The Labute approximate surface area is 152 Å². The highest BCUT2D eigenvalue weighted by Gasteiger charge is 2.14. The van der Waals surface area contributed by atoms with Crippen molar-refractivity contribution in [1.29, 1.82) is 0 Å². The average molecular weight is 351 g/mol. The molecule has 26 heavy (non-hydrogen) atoms. The van der Waals surface area contributed by atoms with E-state index in [9.17, 15) is 9.90 Å². The van der Waals surface area contributed by atoms with Gasteiger partial charge in [-0.05, 0) is 49.7 Å². The normalized spacial score (nSPS) is 10.7. The van der Waals surface area contributed by atoms with Gasteiger partial charge in [0.05, 0.1) is 17.9 Å². The summed E-state index contributed by atoms with van der Waals surface area (Å²) in [5.74, 6) is 1.34. The molecule has 5 nitrogen and oxygen atoms in total. The third-order valence-corrected chi connectivity index (χ3v) is 4.09. The van der Waals surface area contributed by atoms with E-state index in [-0.39, 0.29) is 11.5 Å². The average Bonchev–Trinajstić information content (AvgIpc) is 3.12. The molecule has 1 aromatic heterocycles. The summed E-state index contributed by atoms with van der Waals surface area (Å²) in [6, 6.07) is 12.4. The lowest BCUT2D eigenvalue weighted by atomic mass is 10.0. The first kappa shape index (κ1) is 17.7. The number of carbonyl (C=O) groups is 1. The molecule has 0 aliphatic carbocycles. The van der Waals surface area contributed by atoms with Crippen LogP contribution in [0, 0.1) is 6.92 Å². The van der Waals surface area contributed by atoms with Crippen molar-refractivity contribution >= 4 is 5.78 Å². The topological polar surface area (TPSA) is 72.6 Å². The second-order valence-electron chi connectivity index (χ2n) is 6.00. The van der Waals surface area contributed by atoms with Gasteiger partial charge in [-0.2, -0.15) is 0 Å². The number of aromatic hydroxyl groups is 1. The highest BCUT2D eigenvalue weighted by Crippen LogP contribution is 2.25. The van der Waals surface area contributed by atoms with E-state index < -0.39 is 0 Å². The predicted molar refractivity (Wildman–Crippen MR) is 98.6 cm³/mol. The Morgan fingerprint density at radius 3 is 2.81 bits per heavy atom. The van der Waals surface area contributed by atoms with Crippen LogP contribution in [0.2, 0.25) is 0 Å². The number of aromatic nitrogens is 1. The molecule has 2 aromatic carbocycles. The van der Waals surface area contributed by atoms with Gasteiger partial charge in [0.1, 0.15) is 17.8 Å². The lowest BCUT2D eigenvalue weighted by Crippen LogP contribution is -2.05. The zero-order chi connectivity index (χ0) is 18.5. The van der Waals surface area contributed by atoms with Crippen LogP contribution in [0.4, 0.5) is 0 Å². The maximum Gasteiger partial charge on any atom is 0.226 e. The Kier molecular flexibility index (Phi) is 5.37. The van der Waals surface area contributed by atoms with Crippen molar-refractivity contribution in [2.24, 2.45) is 0 Å². The number of hydrogen-bond acceptors (Lipinski definition) is 5. The van der Waals surface area contributed by atoms with Gasteiger partial charge in [0, 0.05) is 18.4 Å². The maximum absolute atomic E-state index is 12.5. The van der Waals surface area contributed by atoms with Gasteiger partial charge in [-0.25, -0.2) is 4.98 Å². The second-order valence-corrected chi connectivity index (χ2v) is 6.00. The Balaban J connectivity index is 1.68. The molecule has 0 amide bonds. The van der Waals surface area contributed by atoms with Gasteiger partial charge >= 0.3 is 0 Å². The summed E-state index contributed by atoms with van der Waals surface area (Å²) in [6.07, 6.45) is 2.38. The fourth-order valence-corrected chi connectivity index (χ4v) is 2.70. The number of benzene rings is 2. The second kappa shape index (κ2) is 7.87. The number of ether oxygens (including phenoxy) is 1. The van der Waals surface area contributed by atoms with Gasteiger partial charge in [-0.1, -0.05) is 12.1 Å². The summed E-state index contributed by atoms with van der Waals surface area (Å²) in [6.45, 7) is 4.23. The van der Waals surface area contributed by atoms with Crippen LogP contribution in [0.1, 0.15) is 35.0 Å². The van der Waals surface area contributed by atoms with E-state index in [4.69, 9.17) is 9.15 Å². The van der Waals surface area contributed by atoms with Crippen LogP contribution in [-0.4, -0.2) is 22.5 Å². The minimum absolute atomic E-state index is 0.0130. The zero-order valence-electron chi connectivity index (χ0n) is 14.9. The number of nitrogens with zero attached hydrogens (tertiary/aromatic N) is 1. The van der Waals surface area contributed by atoms with E-state index in [2.05, 4.69) is 4.98 Å². The molecule has 0 aliphatic rings. The third kappa shape index (κ3) is 3.94. The highest BCUT2D eigenvalue weighted by molar-refractivity contribution is 5.98. The molecular weight excluding hydrogens is 330 g/mol. The van der Waals surface area contributed by atoms with Crippen LogP contribution in [0.15, 0.2) is 53.1 Å². The number of aryl methyl sites for hydroxylation is 2. The first-order valence-corrected chi connectivity index (χ1v) is 8.58. The van der Waals surface area contributed by atoms with Crippen LogP contribution in [0.25, 0.3) is 11.5 Å². The van der Waals surface area contributed by atoms with Gasteiger partial charge in [-0.15, -0.1) is 0 Å². The van der Waals surface area contributed by atoms with E-state index >= 15 is 0 Å². The molecule has 5 heteroatoms. The summed E-state index contributed by atoms with van der Waals surface area (Å²) in [5, 5.41) is 9.61. The van der Waals surface area contributed by atoms with Crippen molar-refractivity contribution in [2.45, 2.75) is 26.7 Å². The third-order valence-electron chi connectivity index (χ3n) is 4.09. The van der Waals surface area contributed by atoms with Crippen LogP contribution < -0.4 is 4.74 Å². The van der Waals surface area contributed by atoms with Crippen molar-refractivity contribution in [2.75, 3.05) is 6.61 Å². The van der Waals surface area contributed by atoms with Gasteiger partial charge in [0.25, 0.3) is 0 Å². The first-order chi connectivity index (χ1) is 12.6. The minimum atomic E-state index is 0.0130. The number of phenols is 1. The molecule has 1 heterocycles. The van der Waals surface area contributed by atoms with E-state index in [0.29, 0.717) is 42.3 Å². The maximum atomic E-state index is 12.5. The summed E-state index contributed by atoms with van der Waals surface area (Å²) < 4.78 is 11.0. The summed E-state index contributed by atoms with van der Waals surface area (Å²) in [5.41, 5.74) is 2.85. The molecule has 0 fully saturated rings. The SMILES string of the molecule is CCOc1ccccc1C(=O)CCc1coc(-c2ccc(O)c(C)c2)n1.